The number of hydrogen-bond acceptors (Lipinski definition) is 0. The molecule has 0 spiro atoms. The number of rotatable bonds is 0. The van der Waals surface area contributed by atoms with Gasteiger partial charge < -0.3 is 0 Å². The maximum absolute atomic E-state index is 3.58. The van der Waals surface area contributed by atoms with Gasteiger partial charge in [0.1, 0.15) is 0 Å². The molecule has 1 heterocycles. The van der Waals surface area contributed by atoms with Crippen LogP contribution in [0.15, 0.2) is 40.6 Å². The first-order chi connectivity index (χ1) is 7.68. The molecule has 5 heteroatoms. The molecule has 0 bridgehead atoms. The Morgan fingerprint density at radius 1 is 1.32 bits per heavy atom. The van der Waals surface area contributed by atoms with E-state index in [1.807, 2.05) is 12.2 Å². The molecule has 0 nitrogen and oxygen atoms in total. The van der Waals surface area contributed by atoms with Crippen molar-refractivity contribution < 1.29 is 26.2 Å². The van der Waals surface area contributed by atoms with Crippen LogP contribution in [0.4, 0.5) is 0 Å². The largest absolute Gasteiger partial charge is 2.00 e. The quantitative estimate of drug-likeness (QED) is 0.411. The average Bonchev–Trinajstić information content (AvgIpc) is 2.92. The monoisotopic (exact) mass is 454 g/mol. The molecule has 3 rings (SSSR count). The summed E-state index contributed by atoms with van der Waals surface area (Å²) >= 11 is 3.58. The van der Waals surface area contributed by atoms with Crippen molar-refractivity contribution >= 4 is 48.3 Å². The zero-order valence-electron chi connectivity index (χ0n) is 10.8. The first kappa shape index (κ1) is 22.1. The maximum atomic E-state index is 3.58. The van der Waals surface area contributed by atoms with Gasteiger partial charge in [-0.2, -0.15) is 17.7 Å². The Hall–Kier alpha value is 0.813. The van der Waals surface area contributed by atoms with E-state index < -0.39 is 0 Å². The number of hydrogen-bond donors (Lipinski definition) is 0. The van der Waals surface area contributed by atoms with Crippen LogP contribution >= 0.6 is 48.3 Å². The van der Waals surface area contributed by atoms with E-state index in [4.69, 9.17) is 0 Å². The minimum Gasteiger partial charge on any atom is -0.273 e. The van der Waals surface area contributed by atoms with Crippen LogP contribution in [0.5, 0.6) is 0 Å². The maximum Gasteiger partial charge on any atom is 2.00 e. The average molecular weight is 457 g/mol. The van der Waals surface area contributed by atoms with E-state index in [1.54, 1.807) is 0 Å². The fraction of sp³-hybridized carbons (Fsp3) is 0.214. The topological polar surface area (TPSA) is 0 Å². The van der Waals surface area contributed by atoms with E-state index in [0.717, 1.165) is 6.42 Å². The van der Waals surface area contributed by atoms with Gasteiger partial charge in [-0.3, -0.25) is 6.08 Å². The van der Waals surface area contributed by atoms with Crippen LogP contribution in [0.3, 0.4) is 0 Å². The molecule has 0 aromatic carbocycles. The van der Waals surface area contributed by atoms with Gasteiger partial charge in [-0.1, -0.05) is 9.77 Å². The number of aryl methyl sites for hydroxylation is 1. The Bertz CT molecular complexity index is 504. The van der Waals surface area contributed by atoms with Gasteiger partial charge in [0.25, 0.3) is 0 Å². The Morgan fingerprint density at radius 2 is 2.00 bits per heavy atom. The number of halogens is 3. The third-order valence-corrected chi connectivity index (χ3v) is 6.29. The van der Waals surface area contributed by atoms with Crippen LogP contribution in [0.1, 0.15) is 12.0 Å². The van der Waals surface area contributed by atoms with E-state index in [9.17, 15) is 0 Å². The minimum atomic E-state index is -0.0435. The molecule has 19 heavy (non-hydrogen) atoms. The molecular formula is C14H16BrCl2PZr. The predicted molar refractivity (Wildman–Crippen MR) is 90.8 cm³/mol. The normalized spacial score (nSPS) is 12.1. The first-order valence-corrected chi connectivity index (χ1v) is 7.86. The Kier molecular flexibility index (Phi) is 12.2. The van der Waals surface area contributed by atoms with Crippen molar-refractivity contribution in [3.05, 3.63) is 52.3 Å². The molecule has 0 radical (unpaired) electrons. The van der Waals surface area contributed by atoms with Crippen molar-refractivity contribution in [1.82, 2.24) is 0 Å². The molecule has 0 N–H and O–H groups in total. The van der Waals surface area contributed by atoms with E-state index in [0.29, 0.717) is 0 Å². The molecule has 1 unspecified atom stereocenters. The van der Waals surface area contributed by atoms with Gasteiger partial charge in [0, 0.05) is 0 Å². The molecule has 0 aromatic heterocycles. The molecule has 0 amide bonds. The van der Waals surface area contributed by atoms with Crippen LogP contribution in [-0.2, 0) is 32.9 Å². The van der Waals surface area contributed by atoms with Gasteiger partial charge in [-0.25, -0.2) is 19.7 Å². The molecule has 0 fully saturated rings. The van der Waals surface area contributed by atoms with Crippen LogP contribution < -0.4 is 0 Å². The number of fused-ring (bicyclic) bond motifs is 1. The van der Waals surface area contributed by atoms with Crippen molar-refractivity contribution in [2.75, 3.05) is 0 Å². The second-order valence-corrected chi connectivity index (χ2v) is 7.45. The van der Waals surface area contributed by atoms with Gasteiger partial charge in [0.15, 0.2) is 0 Å². The fourth-order valence-electron chi connectivity index (χ4n) is 1.75. The standard InChI is InChI=1S/C9H9BrP.C5H5.2ClH.Zr/c1-6-3-7-5-9(10)11(2)8(7)4-6;1-2-4-5-3-1;;;/h3-5H,1-2H3;1-3H,4H2;2*1H;/q2*-1;;;+2. The molecule has 1 aliphatic heterocycles. The molecule has 3 aliphatic rings. The molecule has 0 saturated carbocycles. The van der Waals surface area contributed by atoms with Crippen molar-refractivity contribution in [2.45, 2.75) is 13.3 Å². The third-order valence-electron chi connectivity index (χ3n) is 2.59. The first-order valence-electron chi connectivity index (χ1n) is 5.28. The van der Waals surface area contributed by atoms with Crippen molar-refractivity contribution in [2.24, 2.45) is 6.66 Å². The Balaban J connectivity index is 0. The van der Waals surface area contributed by atoms with Crippen molar-refractivity contribution in [3.63, 3.8) is 0 Å². The second-order valence-electron chi connectivity index (χ2n) is 3.90. The molecule has 0 aromatic rings. The van der Waals surface area contributed by atoms with Crippen molar-refractivity contribution in [3.8, 4) is 10.9 Å². The zero-order chi connectivity index (χ0) is 11.5. The van der Waals surface area contributed by atoms with Gasteiger partial charge in [-0.15, -0.1) is 64.6 Å². The molecule has 0 saturated heterocycles. The van der Waals surface area contributed by atoms with Gasteiger partial charge in [-0.05, 0) is 13.6 Å². The van der Waals surface area contributed by atoms with Crippen LogP contribution in [0, 0.1) is 13.0 Å². The summed E-state index contributed by atoms with van der Waals surface area (Å²) < 4.78 is 1.37. The van der Waals surface area contributed by atoms with Crippen LogP contribution in [0.25, 0.3) is 10.9 Å². The zero-order valence-corrected chi connectivity index (χ0v) is 17.4. The summed E-state index contributed by atoms with van der Waals surface area (Å²) in [5.41, 5.74) is 2.81. The molecular weight excluding hydrogens is 441 g/mol. The predicted octanol–water partition coefficient (Wildman–Crippen LogP) is 6.25. The molecule has 1 atom stereocenters. The van der Waals surface area contributed by atoms with E-state index in [1.165, 1.54) is 20.6 Å². The van der Waals surface area contributed by atoms with Gasteiger partial charge >= 0.3 is 26.2 Å². The molecule has 102 valence electrons. The summed E-state index contributed by atoms with van der Waals surface area (Å²) in [5.74, 6) is 0. The minimum absolute atomic E-state index is 0. The summed E-state index contributed by atoms with van der Waals surface area (Å²) in [7, 11) is -0.0435. The molecule has 2 aliphatic carbocycles. The van der Waals surface area contributed by atoms with Crippen LogP contribution in [-0.4, -0.2) is 0 Å². The summed E-state index contributed by atoms with van der Waals surface area (Å²) in [6.07, 6.45) is 10.0. The van der Waals surface area contributed by atoms with Gasteiger partial charge in [0.2, 0.25) is 0 Å². The van der Waals surface area contributed by atoms with Crippen LogP contribution in [0.2, 0.25) is 0 Å². The second kappa shape index (κ2) is 10.5. The Morgan fingerprint density at radius 3 is 2.42 bits per heavy atom. The van der Waals surface area contributed by atoms with Crippen molar-refractivity contribution in [1.29, 1.82) is 0 Å². The van der Waals surface area contributed by atoms with E-state index in [-0.39, 0.29) is 58.6 Å². The summed E-state index contributed by atoms with van der Waals surface area (Å²) in [6, 6.07) is 6.79. The van der Waals surface area contributed by atoms with Gasteiger partial charge in [0.05, 0.1) is 0 Å². The number of allylic oxidation sites excluding steroid dienone is 4. The van der Waals surface area contributed by atoms with E-state index in [2.05, 4.69) is 59.9 Å². The van der Waals surface area contributed by atoms with E-state index >= 15 is 0 Å². The smallest absolute Gasteiger partial charge is 0.273 e. The summed E-state index contributed by atoms with van der Waals surface area (Å²) in [4.78, 5) is 0. The third kappa shape index (κ3) is 5.98. The fourth-order valence-corrected chi connectivity index (χ4v) is 4.04. The SMILES string of the molecule is Cc1cc2c[c-](Br)p(C)c-2c1.Cl.Cl.[C-]1=CC=CC1.[Zr+2]. The summed E-state index contributed by atoms with van der Waals surface area (Å²) in [5, 5.41) is 1.53. The Labute approximate surface area is 156 Å². The summed E-state index contributed by atoms with van der Waals surface area (Å²) in [6.45, 7) is 4.45.